The molecule has 0 radical (unpaired) electrons. The van der Waals surface area contributed by atoms with Crippen LogP contribution in [0.1, 0.15) is 23.2 Å². The first-order valence-electron chi connectivity index (χ1n) is 4.94. The van der Waals surface area contributed by atoms with Gasteiger partial charge in [-0.15, -0.1) is 0 Å². The Balaban J connectivity index is 1.93. The molecule has 0 saturated heterocycles. The molecule has 1 N–H and O–H groups in total. The zero-order chi connectivity index (χ0) is 10.7. The van der Waals surface area contributed by atoms with E-state index in [9.17, 15) is 4.79 Å². The number of hydrogen-bond acceptors (Lipinski definition) is 5. The van der Waals surface area contributed by atoms with Crippen molar-refractivity contribution < 1.29 is 9.53 Å². The molecule has 0 bridgehead atoms. The maximum atomic E-state index is 11.1. The molecule has 80 valence electrons. The number of ether oxygens (including phenoxy) is 1. The second-order valence-electron chi connectivity index (χ2n) is 3.61. The third kappa shape index (κ3) is 2.65. The first kappa shape index (κ1) is 9.89. The van der Waals surface area contributed by atoms with Crippen LogP contribution in [-0.2, 0) is 4.74 Å². The molecule has 0 unspecified atom stereocenters. The molecular weight excluding hydrogens is 194 g/mol. The summed E-state index contributed by atoms with van der Waals surface area (Å²) in [5.74, 6) is 0.923. The van der Waals surface area contributed by atoms with Crippen LogP contribution in [0.15, 0.2) is 12.4 Å². The van der Waals surface area contributed by atoms with Crippen LogP contribution in [0.4, 0.5) is 5.95 Å². The third-order valence-corrected chi connectivity index (χ3v) is 2.32. The molecule has 2 rings (SSSR count). The molecule has 0 aliphatic heterocycles. The smallest absolute Gasteiger partial charge is 0.341 e. The number of aromatic nitrogens is 2. The van der Waals surface area contributed by atoms with Gasteiger partial charge in [0.1, 0.15) is 0 Å². The predicted molar refractivity (Wildman–Crippen MR) is 54.6 cm³/mol. The summed E-state index contributed by atoms with van der Waals surface area (Å²) >= 11 is 0. The van der Waals surface area contributed by atoms with Gasteiger partial charge in [-0.3, -0.25) is 0 Å². The van der Waals surface area contributed by atoms with Gasteiger partial charge in [0.05, 0.1) is 12.7 Å². The minimum Gasteiger partial charge on any atom is -0.465 e. The van der Waals surface area contributed by atoms with Crippen molar-refractivity contribution in [1.82, 2.24) is 9.97 Å². The Bertz CT molecular complexity index is 346. The molecule has 1 aromatic rings. The summed E-state index contributed by atoms with van der Waals surface area (Å²) < 4.78 is 4.54. The average Bonchev–Trinajstić information content (AvgIpc) is 3.10. The van der Waals surface area contributed by atoms with Crippen LogP contribution in [0, 0.1) is 5.92 Å². The molecular formula is C10H13N3O2. The Morgan fingerprint density at radius 3 is 2.73 bits per heavy atom. The molecule has 15 heavy (non-hydrogen) atoms. The Kier molecular flexibility index (Phi) is 2.80. The number of nitrogens with zero attached hydrogens (tertiary/aromatic N) is 2. The second-order valence-corrected chi connectivity index (χ2v) is 3.61. The highest BCUT2D eigenvalue weighted by molar-refractivity contribution is 5.88. The fraction of sp³-hybridized carbons (Fsp3) is 0.500. The van der Waals surface area contributed by atoms with E-state index in [1.54, 1.807) is 0 Å². The molecule has 1 saturated carbocycles. The van der Waals surface area contributed by atoms with Crippen molar-refractivity contribution in [3.63, 3.8) is 0 Å². The van der Waals surface area contributed by atoms with Gasteiger partial charge in [0, 0.05) is 18.9 Å². The molecule has 0 spiro atoms. The van der Waals surface area contributed by atoms with Crippen molar-refractivity contribution in [3.8, 4) is 0 Å². The molecule has 1 aromatic heterocycles. The van der Waals surface area contributed by atoms with Gasteiger partial charge in [-0.1, -0.05) is 0 Å². The number of carbonyl (C=O) groups excluding carboxylic acids is 1. The number of nitrogens with one attached hydrogen (secondary N) is 1. The normalized spacial score (nSPS) is 14.7. The van der Waals surface area contributed by atoms with Crippen molar-refractivity contribution >= 4 is 11.9 Å². The van der Waals surface area contributed by atoms with Crippen molar-refractivity contribution in [2.75, 3.05) is 19.0 Å². The SMILES string of the molecule is COC(=O)c1cnc(NCC2CC2)nc1. The lowest BCUT2D eigenvalue weighted by molar-refractivity contribution is 0.0600. The summed E-state index contributed by atoms with van der Waals surface area (Å²) in [6, 6.07) is 0. The Morgan fingerprint density at radius 2 is 2.20 bits per heavy atom. The van der Waals surface area contributed by atoms with Crippen molar-refractivity contribution in [1.29, 1.82) is 0 Å². The van der Waals surface area contributed by atoms with Crippen LogP contribution in [0.5, 0.6) is 0 Å². The van der Waals surface area contributed by atoms with Crippen molar-refractivity contribution in [2.45, 2.75) is 12.8 Å². The van der Waals surface area contributed by atoms with E-state index in [1.165, 1.54) is 32.3 Å². The van der Waals surface area contributed by atoms with E-state index >= 15 is 0 Å². The highest BCUT2D eigenvalue weighted by atomic mass is 16.5. The number of anilines is 1. The van der Waals surface area contributed by atoms with Crippen molar-refractivity contribution in [3.05, 3.63) is 18.0 Å². The van der Waals surface area contributed by atoms with Crippen LogP contribution >= 0.6 is 0 Å². The highest BCUT2D eigenvalue weighted by Crippen LogP contribution is 2.28. The van der Waals surface area contributed by atoms with Gasteiger partial charge in [-0.25, -0.2) is 14.8 Å². The van der Waals surface area contributed by atoms with Crippen LogP contribution in [-0.4, -0.2) is 29.6 Å². The average molecular weight is 207 g/mol. The van der Waals surface area contributed by atoms with Gasteiger partial charge in [0.25, 0.3) is 0 Å². The summed E-state index contributed by atoms with van der Waals surface area (Å²) in [4.78, 5) is 19.1. The molecule has 0 atom stereocenters. The minimum atomic E-state index is -0.413. The standard InChI is InChI=1S/C10H13N3O2/c1-15-9(14)8-5-12-10(13-6-8)11-4-7-2-3-7/h5-7H,2-4H2,1H3,(H,11,12,13). The van der Waals surface area contributed by atoms with E-state index in [0.717, 1.165) is 12.5 Å². The van der Waals surface area contributed by atoms with Crippen LogP contribution < -0.4 is 5.32 Å². The molecule has 1 aliphatic rings. The quantitative estimate of drug-likeness (QED) is 0.748. The molecule has 1 heterocycles. The molecule has 0 aromatic carbocycles. The lowest BCUT2D eigenvalue weighted by atomic mass is 10.3. The number of esters is 1. The van der Waals surface area contributed by atoms with E-state index in [1.807, 2.05) is 0 Å². The lowest BCUT2D eigenvalue weighted by Crippen LogP contribution is -2.08. The molecule has 1 aliphatic carbocycles. The summed E-state index contributed by atoms with van der Waals surface area (Å²) in [6.07, 6.45) is 5.50. The molecule has 5 heteroatoms. The van der Waals surface area contributed by atoms with E-state index in [2.05, 4.69) is 20.0 Å². The zero-order valence-corrected chi connectivity index (χ0v) is 8.56. The number of carbonyl (C=O) groups is 1. The van der Waals surface area contributed by atoms with E-state index in [-0.39, 0.29) is 0 Å². The zero-order valence-electron chi connectivity index (χ0n) is 8.56. The summed E-state index contributed by atoms with van der Waals surface area (Å²) in [5, 5.41) is 3.12. The van der Waals surface area contributed by atoms with E-state index in [0.29, 0.717) is 11.5 Å². The monoisotopic (exact) mass is 207 g/mol. The van der Waals surface area contributed by atoms with Gasteiger partial charge in [-0.05, 0) is 18.8 Å². The fourth-order valence-corrected chi connectivity index (χ4v) is 1.20. The minimum absolute atomic E-state index is 0.370. The molecule has 0 amide bonds. The summed E-state index contributed by atoms with van der Waals surface area (Å²) in [5.41, 5.74) is 0.370. The van der Waals surface area contributed by atoms with Gasteiger partial charge < -0.3 is 10.1 Å². The number of methoxy groups -OCH3 is 1. The van der Waals surface area contributed by atoms with Gasteiger partial charge in [0.15, 0.2) is 0 Å². The van der Waals surface area contributed by atoms with E-state index < -0.39 is 5.97 Å². The van der Waals surface area contributed by atoms with Gasteiger partial charge >= 0.3 is 5.97 Å². The maximum Gasteiger partial charge on any atom is 0.341 e. The first-order chi connectivity index (χ1) is 7.29. The Labute approximate surface area is 87.9 Å². The first-order valence-corrected chi connectivity index (χ1v) is 4.94. The highest BCUT2D eigenvalue weighted by Gasteiger charge is 2.20. The van der Waals surface area contributed by atoms with Gasteiger partial charge in [-0.2, -0.15) is 0 Å². The largest absolute Gasteiger partial charge is 0.465 e. The number of rotatable bonds is 4. The van der Waals surface area contributed by atoms with Crippen LogP contribution in [0.2, 0.25) is 0 Å². The Hall–Kier alpha value is -1.65. The summed E-state index contributed by atoms with van der Waals surface area (Å²) in [7, 11) is 1.33. The van der Waals surface area contributed by atoms with Crippen LogP contribution in [0.25, 0.3) is 0 Å². The van der Waals surface area contributed by atoms with Gasteiger partial charge in [0.2, 0.25) is 5.95 Å². The maximum absolute atomic E-state index is 11.1. The molecule has 1 fully saturated rings. The second kappa shape index (κ2) is 4.25. The lowest BCUT2D eigenvalue weighted by Gasteiger charge is -2.03. The summed E-state index contributed by atoms with van der Waals surface area (Å²) in [6.45, 7) is 0.914. The predicted octanol–water partition coefficient (Wildman–Crippen LogP) is 1.09. The van der Waals surface area contributed by atoms with Crippen LogP contribution in [0.3, 0.4) is 0 Å². The van der Waals surface area contributed by atoms with Crippen molar-refractivity contribution in [2.24, 2.45) is 5.92 Å². The van der Waals surface area contributed by atoms with E-state index in [4.69, 9.17) is 0 Å². The molecule has 5 nitrogen and oxygen atoms in total. The third-order valence-electron chi connectivity index (χ3n) is 2.32. The number of hydrogen-bond donors (Lipinski definition) is 1. The fourth-order valence-electron chi connectivity index (χ4n) is 1.20. The Morgan fingerprint density at radius 1 is 1.53 bits per heavy atom. The topological polar surface area (TPSA) is 64.1 Å².